The van der Waals surface area contributed by atoms with E-state index in [2.05, 4.69) is 24.1 Å². The normalized spacial score (nSPS) is 11.9. The Hall–Kier alpha value is -0.850. The molecule has 114 valence electrons. The van der Waals surface area contributed by atoms with E-state index in [0.717, 1.165) is 11.4 Å². The van der Waals surface area contributed by atoms with Crippen molar-refractivity contribution in [3.63, 3.8) is 0 Å². The van der Waals surface area contributed by atoms with Crippen molar-refractivity contribution in [1.29, 1.82) is 0 Å². The Morgan fingerprint density at radius 1 is 1.45 bits per heavy atom. The number of nitrogens with zero attached hydrogens (tertiary/aromatic N) is 2. The van der Waals surface area contributed by atoms with Crippen LogP contribution in [0.3, 0.4) is 0 Å². The van der Waals surface area contributed by atoms with Crippen molar-refractivity contribution in [1.82, 2.24) is 10.3 Å². The Morgan fingerprint density at radius 3 is 2.65 bits per heavy atom. The third-order valence-electron chi connectivity index (χ3n) is 2.81. The molecule has 7 heteroatoms. The van der Waals surface area contributed by atoms with Crippen LogP contribution in [0.2, 0.25) is 5.02 Å². The second-order valence-electron chi connectivity index (χ2n) is 5.22. The first-order valence-corrected chi connectivity index (χ1v) is 8.89. The maximum absolute atomic E-state index is 11.2. The molecule has 0 aliphatic rings. The van der Waals surface area contributed by atoms with Crippen LogP contribution in [0.15, 0.2) is 12.3 Å². The van der Waals surface area contributed by atoms with Crippen LogP contribution in [0.5, 0.6) is 0 Å². The number of rotatable bonds is 7. The van der Waals surface area contributed by atoms with E-state index in [4.69, 9.17) is 11.6 Å². The molecule has 1 aromatic rings. The fraction of sp³-hybridized carbons (Fsp3) is 0.615. The first kappa shape index (κ1) is 17.2. The van der Waals surface area contributed by atoms with Crippen molar-refractivity contribution in [2.75, 3.05) is 30.5 Å². The number of hydrogen-bond donors (Lipinski definition) is 1. The molecule has 0 radical (unpaired) electrons. The summed E-state index contributed by atoms with van der Waals surface area (Å²) in [4.78, 5) is 6.05. The van der Waals surface area contributed by atoms with Gasteiger partial charge in [-0.15, -0.1) is 0 Å². The predicted octanol–water partition coefficient (Wildman–Crippen LogP) is 1.71. The van der Waals surface area contributed by atoms with Crippen molar-refractivity contribution in [2.45, 2.75) is 26.4 Å². The van der Waals surface area contributed by atoms with Crippen molar-refractivity contribution in [2.24, 2.45) is 0 Å². The number of aromatic nitrogens is 1. The minimum atomic E-state index is -2.97. The van der Waals surface area contributed by atoms with Crippen molar-refractivity contribution < 1.29 is 8.42 Å². The molecular formula is C13H22ClN3O2S. The molecule has 1 rings (SSSR count). The van der Waals surface area contributed by atoms with E-state index in [9.17, 15) is 8.42 Å². The second kappa shape index (κ2) is 7.24. The van der Waals surface area contributed by atoms with E-state index < -0.39 is 9.84 Å². The quantitative estimate of drug-likeness (QED) is 0.829. The van der Waals surface area contributed by atoms with Crippen LogP contribution in [0.25, 0.3) is 0 Å². The van der Waals surface area contributed by atoms with E-state index >= 15 is 0 Å². The monoisotopic (exact) mass is 319 g/mol. The van der Waals surface area contributed by atoms with Gasteiger partial charge in [0.05, 0.1) is 10.8 Å². The zero-order valence-corrected chi connectivity index (χ0v) is 13.9. The molecule has 0 aliphatic heterocycles. The number of nitrogens with one attached hydrogen (secondary N) is 1. The van der Waals surface area contributed by atoms with Crippen molar-refractivity contribution in [3.8, 4) is 0 Å². The molecule has 0 saturated heterocycles. The molecule has 0 aromatic carbocycles. The lowest BCUT2D eigenvalue weighted by Crippen LogP contribution is -2.26. The average molecular weight is 320 g/mol. The van der Waals surface area contributed by atoms with Crippen LogP contribution in [-0.4, -0.2) is 45.0 Å². The number of halogens is 1. The number of pyridine rings is 1. The van der Waals surface area contributed by atoms with Gasteiger partial charge in [0.1, 0.15) is 15.7 Å². The van der Waals surface area contributed by atoms with Crippen molar-refractivity contribution in [3.05, 3.63) is 22.8 Å². The minimum absolute atomic E-state index is 0.105. The number of anilines is 1. The molecular weight excluding hydrogens is 298 g/mol. The lowest BCUT2D eigenvalue weighted by molar-refractivity contribution is 0.588. The highest BCUT2D eigenvalue weighted by Gasteiger charge is 2.10. The van der Waals surface area contributed by atoms with Gasteiger partial charge in [-0.3, -0.25) is 0 Å². The molecule has 1 heterocycles. The largest absolute Gasteiger partial charge is 0.359 e. The summed E-state index contributed by atoms with van der Waals surface area (Å²) in [6.07, 6.45) is 2.83. The smallest absolute Gasteiger partial charge is 0.149 e. The summed E-state index contributed by atoms with van der Waals surface area (Å²) in [5.74, 6) is 0.825. The predicted molar refractivity (Wildman–Crippen MR) is 84.2 cm³/mol. The topological polar surface area (TPSA) is 62.3 Å². The molecule has 0 aliphatic carbocycles. The summed E-state index contributed by atoms with van der Waals surface area (Å²) in [6.45, 7) is 5.19. The molecule has 0 unspecified atom stereocenters. The molecule has 0 saturated carbocycles. The molecule has 0 spiro atoms. The highest BCUT2D eigenvalue weighted by atomic mass is 35.5. The Labute approximate surface area is 126 Å². The van der Waals surface area contributed by atoms with Gasteiger partial charge in [-0.05, 0) is 11.6 Å². The van der Waals surface area contributed by atoms with Gasteiger partial charge in [0, 0.05) is 38.6 Å². The summed E-state index contributed by atoms with van der Waals surface area (Å²) in [5.41, 5.74) is 0.955. The zero-order chi connectivity index (χ0) is 15.3. The fourth-order valence-electron chi connectivity index (χ4n) is 1.54. The van der Waals surface area contributed by atoms with Gasteiger partial charge in [0.15, 0.2) is 0 Å². The Morgan fingerprint density at radius 2 is 2.10 bits per heavy atom. The van der Waals surface area contributed by atoms with Gasteiger partial charge in [-0.1, -0.05) is 25.4 Å². The Bertz CT molecular complexity index is 547. The van der Waals surface area contributed by atoms with Crippen LogP contribution >= 0.6 is 11.6 Å². The van der Waals surface area contributed by atoms with E-state index in [1.807, 2.05) is 18.0 Å². The van der Waals surface area contributed by atoms with Gasteiger partial charge in [-0.25, -0.2) is 13.4 Å². The molecule has 0 amide bonds. The van der Waals surface area contributed by atoms with Crippen LogP contribution < -0.4 is 10.2 Å². The molecule has 0 fully saturated rings. The summed E-state index contributed by atoms with van der Waals surface area (Å²) in [7, 11) is -1.15. The molecule has 0 bridgehead atoms. The maximum atomic E-state index is 11.2. The molecule has 20 heavy (non-hydrogen) atoms. The lowest BCUT2D eigenvalue weighted by Gasteiger charge is -2.19. The van der Waals surface area contributed by atoms with E-state index in [0.29, 0.717) is 24.2 Å². The third-order valence-corrected chi connectivity index (χ3v) is 4.07. The summed E-state index contributed by atoms with van der Waals surface area (Å²) in [5, 5.41) is 3.91. The van der Waals surface area contributed by atoms with Crippen molar-refractivity contribution >= 4 is 27.3 Å². The van der Waals surface area contributed by atoms with Gasteiger partial charge in [-0.2, -0.15) is 0 Å². The Kier molecular flexibility index (Phi) is 6.23. The molecule has 5 nitrogen and oxygen atoms in total. The highest BCUT2D eigenvalue weighted by molar-refractivity contribution is 7.90. The van der Waals surface area contributed by atoms with E-state index in [1.54, 1.807) is 6.20 Å². The first-order chi connectivity index (χ1) is 9.19. The number of hydrogen-bond acceptors (Lipinski definition) is 5. The average Bonchev–Trinajstić information content (AvgIpc) is 2.34. The first-order valence-electron chi connectivity index (χ1n) is 6.45. The van der Waals surface area contributed by atoms with Crippen LogP contribution in [0.1, 0.15) is 19.4 Å². The van der Waals surface area contributed by atoms with Crippen LogP contribution in [0.4, 0.5) is 5.82 Å². The third kappa shape index (κ3) is 6.07. The summed E-state index contributed by atoms with van der Waals surface area (Å²) < 4.78 is 22.4. The van der Waals surface area contributed by atoms with Crippen LogP contribution in [-0.2, 0) is 16.4 Å². The standard InChI is InChI=1S/C13H22ClN3O2S/c1-10(2)15-8-11-7-13(16-9-12(11)14)17(3)5-6-20(4,18)19/h7,9-10,15H,5-6,8H2,1-4H3. The molecule has 0 atom stereocenters. The van der Waals surface area contributed by atoms with E-state index in [-0.39, 0.29) is 5.75 Å². The minimum Gasteiger partial charge on any atom is -0.359 e. The van der Waals surface area contributed by atoms with Gasteiger partial charge < -0.3 is 10.2 Å². The fourth-order valence-corrected chi connectivity index (χ4v) is 2.32. The van der Waals surface area contributed by atoms with Gasteiger partial charge in [0.2, 0.25) is 0 Å². The molecule has 1 aromatic heterocycles. The zero-order valence-electron chi connectivity index (χ0n) is 12.4. The summed E-state index contributed by atoms with van der Waals surface area (Å²) in [6, 6.07) is 2.26. The van der Waals surface area contributed by atoms with Gasteiger partial charge >= 0.3 is 0 Å². The lowest BCUT2D eigenvalue weighted by atomic mass is 10.2. The maximum Gasteiger partial charge on any atom is 0.149 e. The van der Waals surface area contributed by atoms with Crippen LogP contribution in [0, 0.1) is 0 Å². The highest BCUT2D eigenvalue weighted by Crippen LogP contribution is 2.20. The SMILES string of the molecule is CC(C)NCc1cc(N(C)CCS(C)(=O)=O)ncc1Cl. The molecule has 1 N–H and O–H groups in total. The summed E-state index contributed by atoms with van der Waals surface area (Å²) >= 11 is 6.12. The second-order valence-corrected chi connectivity index (χ2v) is 7.89. The number of sulfone groups is 1. The van der Waals surface area contributed by atoms with E-state index in [1.165, 1.54) is 6.26 Å². The van der Waals surface area contributed by atoms with Gasteiger partial charge in [0.25, 0.3) is 0 Å². The Balaban J connectivity index is 2.77.